The first kappa shape index (κ1) is 12.2. The van der Waals surface area contributed by atoms with Gasteiger partial charge < -0.3 is 5.73 Å². The molecule has 1 aliphatic heterocycles. The van der Waals surface area contributed by atoms with E-state index in [2.05, 4.69) is 0 Å². The Hall–Kier alpha value is -0.880. The summed E-state index contributed by atoms with van der Waals surface area (Å²) in [7, 11) is 1.47. The van der Waals surface area contributed by atoms with Crippen LogP contribution in [-0.2, 0) is 14.4 Å². The molecule has 2 N–H and O–H groups in total. The van der Waals surface area contributed by atoms with Crippen LogP contribution in [0.3, 0.4) is 0 Å². The van der Waals surface area contributed by atoms with Gasteiger partial charge in [-0.25, -0.2) is 0 Å². The number of likely N-dealkylation sites (tertiary alicyclic amines) is 1. The van der Waals surface area contributed by atoms with Gasteiger partial charge in [0.2, 0.25) is 11.8 Å². The van der Waals surface area contributed by atoms with Gasteiger partial charge in [-0.3, -0.25) is 19.3 Å². The Balaban J connectivity index is 2.44. The lowest BCUT2D eigenvalue weighted by atomic mass is 10.3. The van der Waals surface area contributed by atoms with Gasteiger partial charge in [0.05, 0.1) is 11.3 Å². The number of hydrogen-bond donors (Lipinski definition) is 1. The number of hydrogen-bond acceptors (Lipinski definition) is 5. The van der Waals surface area contributed by atoms with Crippen LogP contribution in [0.15, 0.2) is 0 Å². The van der Waals surface area contributed by atoms with E-state index in [0.717, 1.165) is 4.90 Å². The van der Waals surface area contributed by atoms with Crippen molar-refractivity contribution in [1.82, 2.24) is 4.90 Å². The van der Waals surface area contributed by atoms with Crippen LogP contribution in [0.5, 0.6) is 0 Å². The highest BCUT2D eigenvalue weighted by Gasteiger charge is 2.36. The van der Waals surface area contributed by atoms with Crippen molar-refractivity contribution in [1.29, 1.82) is 0 Å². The Morgan fingerprint density at radius 3 is 2.67 bits per heavy atom. The van der Waals surface area contributed by atoms with Crippen LogP contribution in [0, 0.1) is 0 Å². The summed E-state index contributed by atoms with van der Waals surface area (Å²) in [6.07, 6.45) is 0.213. The zero-order valence-corrected chi connectivity index (χ0v) is 9.54. The van der Waals surface area contributed by atoms with Crippen molar-refractivity contribution in [3.8, 4) is 0 Å². The van der Waals surface area contributed by atoms with Gasteiger partial charge in [0.1, 0.15) is 5.78 Å². The Morgan fingerprint density at radius 1 is 1.67 bits per heavy atom. The molecule has 0 aromatic heterocycles. The zero-order valence-electron chi connectivity index (χ0n) is 8.73. The summed E-state index contributed by atoms with van der Waals surface area (Å²) in [5.41, 5.74) is 5.53. The second-order valence-corrected chi connectivity index (χ2v) is 4.77. The first-order valence-corrected chi connectivity index (χ1v) is 5.66. The van der Waals surface area contributed by atoms with Crippen molar-refractivity contribution in [2.24, 2.45) is 5.73 Å². The number of rotatable bonds is 4. The van der Waals surface area contributed by atoms with Gasteiger partial charge in [-0.1, -0.05) is 0 Å². The Labute approximate surface area is 92.4 Å². The number of amides is 2. The van der Waals surface area contributed by atoms with Gasteiger partial charge in [0.25, 0.3) is 0 Å². The van der Waals surface area contributed by atoms with Crippen LogP contribution < -0.4 is 5.73 Å². The fourth-order valence-electron chi connectivity index (χ4n) is 1.19. The van der Waals surface area contributed by atoms with Crippen LogP contribution in [-0.4, -0.2) is 46.6 Å². The van der Waals surface area contributed by atoms with Crippen LogP contribution in [0.4, 0.5) is 0 Å². The molecule has 15 heavy (non-hydrogen) atoms. The highest BCUT2D eigenvalue weighted by Crippen LogP contribution is 2.24. The van der Waals surface area contributed by atoms with Crippen molar-refractivity contribution in [2.45, 2.75) is 24.6 Å². The Bertz CT molecular complexity index is 306. The minimum atomic E-state index is -0.552. The average molecular weight is 230 g/mol. The lowest BCUT2D eigenvalue weighted by Gasteiger charge is -2.11. The minimum absolute atomic E-state index is 0.104. The Kier molecular flexibility index (Phi) is 3.87. The molecule has 1 heterocycles. The number of thioether (sulfide) groups is 1. The molecule has 1 saturated heterocycles. The van der Waals surface area contributed by atoms with Crippen molar-refractivity contribution < 1.29 is 14.4 Å². The standard InChI is InChI=1S/C9H14N2O3S/c1-5(12)6(10)4-15-7-3-8(13)11(2)9(7)14/h6-7H,3-4,10H2,1-2H3. The molecule has 6 heteroatoms. The second kappa shape index (κ2) is 4.76. The van der Waals surface area contributed by atoms with Crippen LogP contribution in [0.1, 0.15) is 13.3 Å². The number of ketones is 1. The van der Waals surface area contributed by atoms with Gasteiger partial charge in [0.15, 0.2) is 0 Å². The van der Waals surface area contributed by atoms with Gasteiger partial charge in [-0.05, 0) is 6.92 Å². The number of Topliss-reactive ketones (excluding diaryl/α,β-unsaturated/α-hetero) is 1. The van der Waals surface area contributed by atoms with E-state index < -0.39 is 6.04 Å². The molecule has 2 amide bonds. The summed E-state index contributed by atoms with van der Waals surface area (Å²) in [5.74, 6) is -0.0883. The number of carbonyl (C=O) groups excluding carboxylic acids is 3. The molecular formula is C9H14N2O3S. The van der Waals surface area contributed by atoms with E-state index in [-0.39, 0.29) is 29.3 Å². The number of carbonyl (C=O) groups is 3. The van der Waals surface area contributed by atoms with E-state index in [1.54, 1.807) is 0 Å². The molecule has 0 radical (unpaired) electrons. The van der Waals surface area contributed by atoms with Crippen molar-refractivity contribution in [2.75, 3.05) is 12.8 Å². The molecule has 5 nitrogen and oxygen atoms in total. The van der Waals surface area contributed by atoms with Gasteiger partial charge in [-0.15, -0.1) is 11.8 Å². The molecule has 2 atom stereocenters. The largest absolute Gasteiger partial charge is 0.321 e. The maximum Gasteiger partial charge on any atom is 0.242 e. The fraction of sp³-hybridized carbons (Fsp3) is 0.667. The monoisotopic (exact) mass is 230 g/mol. The highest BCUT2D eigenvalue weighted by molar-refractivity contribution is 8.00. The first-order chi connectivity index (χ1) is 6.93. The SMILES string of the molecule is CC(=O)C(N)CSC1CC(=O)N(C)C1=O. The van der Waals surface area contributed by atoms with Crippen molar-refractivity contribution in [3.05, 3.63) is 0 Å². The summed E-state index contributed by atoms with van der Waals surface area (Å²) in [4.78, 5) is 34.6. The Morgan fingerprint density at radius 2 is 2.27 bits per heavy atom. The number of nitrogens with two attached hydrogens (primary N) is 1. The lowest BCUT2D eigenvalue weighted by Crippen LogP contribution is -2.32. The van der Waals surface area contributed by atoms with Crippen LogP contribution >= 0.6 is 11.8 Å². The smallest absolute Gasteiger partial charge is 0.242 e. The third-order valence-corrected chi connectivity index (χ3v) is 3.66. The molecule has 0 aliphatic carbocycles. The minimum Gasteiger partial charge on any atom is -0.321 e. The molecule has 0 saturated carbocycles. The van der Waals surface area contributed by atoms with Crippen LogP contribution in [0.25, 0.3) is 0 Å². The average Bonchev–Trinajstić information content (AvgIpc) is 2.42. The van der Waals surface area contributed by atoms with Gasteiger partial charge in [0, 0.05) is 19.2 Å². The van der Waals surface area contributed by atoms with E-state index in [1.807, 2.05) is 0 Å². The maximum atomic E-state index is 11.5. The third kappa shape index (κ3) is 2.79. The van der Waals surface area contributed by atoms with Gasteiger partial charge in [-0.2, -0.15) is 0 Å². The zero-order chi connectivity index (χ0) is 11.6. The molecule has 84 valence electrons. The summed E-state index contributed by atoms with van der Waals surface area (Å²) in [5, 5.41) is -0.368. The highest BCUT2D eigenvalue weighted by atomic mass is 32.2. The van der Waals surface area contributed by atoms with E-state index >= 15 is 0 Å². The van der Waals surface area contributed by atoms with Gasteiger partial charge >= 0.3 is 0 Å². The van der Waals surface area contributed by atoms with E-state index in [4.69, 9.17) is 5.73 Å². The second-order valence-electron chi connectivity index (χ2n) is 3.53. The van der Waals surface area contributed by atoms with Crippen LogP contribution in [0.2, 0.25) is 0 Å². The molecule has 2 unspecified atom stereocenters. The topological polar surface area (TPSA) is 80.5 Å². The maximum absolute atomic E-state index is 11.5. The number of imide groups is 1. The predicted octanol–water partition coefficient (Wildman–Crippen LogP) is -0.607. The first-order valence-electron chi connectivity index (χ1n) is 4.61. The quantitative estimate of drug-likeness (QED) is 0.652. The molecule has 1 fully saturated rings. The molecular weight excluding hydrogens is 216 g/mol. The molecule has 0 aromatic rings. The molecule has 1 rings (SSSR count). The van der Waals surface area contributed by atoms with Crippen molar-refractivity contribution in [3.63, 3.8) is 0 Å². The van der Waals surface area contributed by atoms with E-state index in [0.29, 0.717) is 5.75 Å². The molecule has 0 spiro atoms. The number of nitrogens with zero attached hydrogens (tertiary/aromatic N) is 1. The molecule has 1 aliphatic rings. The molecule has 0 aromatic carbocycles. The van der Waals surface area contributed by atoms with E-state index in [1.165, 1.54) is 25.7 Å². The predicted molar refractivity (Wildman–Crippen MR) is 57.3 cm³/mol. The molecule has 0 bridgehead atoms. The van der Waals surface area contributed by atoms with E-state index in [9.17, 15) is 14.4 Å². The summed E-state index contributed by atoms with van der Waals surface area (Å²) < 4.78 is 0. The summed E-state index contributed by atoms with van der Waals surface area (Å²) in [6.45, 7) is 1.42. The normalized spacial score (nSPS) is 23.4. The summed E-state index contributed by atoms with van der Waals surface area (Å²) >= 11 is 1.28. The van der Waals surface area contributed by atoms with Crippen molar-refractivity contribution >= 4 is 29.4 Å². The fourth-order valence-corrected chi connectivity index (χ4v) is 2.42. The third-order valence-electron chi connectivity index (χ3n) is 2.34. The summed E-state index contributed by atoms with van der Waals surface area (Å²) in [6, 6.07) is -0.552. The lowest BCUT2D eigenvalue weighted by molar-refractivity contribution is -0.136.